The molecule has 5 nitrogen and oxygen atoms in total. The second-order valence-electron chi connectivity index (χ2n) is 6.46. The smallest absolute Gasteiger partial charge is 0.251 e. The maximum atomic E-state index is 12.8. The third-order valence-electron chi connectivity index (χ3n) is 4.07. The fourth-order valence-corrected chi connectivity index (χ4v) is 4.35. The number of rotatable bonds is 8. The maximum Gasteiger partial charge on any atom is 0.251 e. The lowest BCUT2D eigenvalue weighted by Gasteiger charge is -2.17. The van der Waals surface area contributed by atoms with Crippen molar-refractivity contribution in [2.75, 3.05) is 11.1 Å². The van der Waals surface area contributed by atoms with Crippen molar-refractivity contribution in [3.05, 3.63) is 50.9 Å². The van der Waals surface area contributed by atoms with Crippen LogP contribution in [0.1, 0.15) is 42.7 Å². The number of aromatic amines is 1. The number of carbonyl (C=O) groups excluding carboxylic acids is 1. The molecule has 2 rings (SSSR count). The molecule has 1 aromatic carbocycles. The fraction of sp³-hybridized carbons (Fsp3) is 0.450. The van der Waals surface area contributed by atoms with Gasteiger partial charge in [0.2, 0.25) is 5.91 Å². The minimum absolute atomic E-state index is 0.0754. The van der Waals surface area contributed by atoms with Crippen molar-refractivity contribution >= 4 is 35.1 Å². The van der Waals surface area contributed by atoms with Crippen LogP contribution in [0.25, 0.3) is 0 Å². The first-order valence-electron chi connectivity index (χ1n) is 9.07. The molecule has 0 fully saturated rings. The van der Waals surface area contributed by atoms with E-state index < -0.39 is 0 Å². The lowest BCUT2D eigenvalue weighted by atomic mass is 10.0. The van der Waals surface area contributed by atoms with Crippen LogP contribution in [0.3, 0.4) is 0 Å². The van der Waals surface area contributed by atoms with E-state index in [-0.39, 0.29) is 16.7 Å². The number of aromatic nitrogens is 2. The molecule has 0 saturated carbocycles. The summed E-state index contributed by atoms with van der Waals surface area (Å²) in [5.41, 5.74) is 4.69. The predicted molar refractivity (Wildman–Crippen MR) is 116 cm³/mol. The molecule has 0 spiro atoms. The van der Waals surface area contributed by atoms with Crippen LogP contribution >= 0.6 is 23.5 Å². The highest BCUT2D eigenvalue weighted by atomic mass is 32.2. The molecule has 7 heteroatoms. The summed E-state index contributed by atoms with van der Waals surface area (Å²) >= 11 is 3.02. The number of carbonyl (C=O) groups is 1. The summed E-state index contributed by atoms with van der Waals surface area (Å²) in [5.74, 6) is 1.58. The molecule has 1 amide bonds. The summed E-state index contributed by atoms with van der Waals surface area (Å²) in [6.07, 6.45) is 0.637. The first-order chi connectivity index (χ1) is 12.8. The van der Waals surface area contributed by atoms with Crippen LogP contribution in [0.15, 0.2) is 28.2 Å². The van der Waals surface area contributed by atoms with Crippen molar-refractivity contribution in [3.8, 4) is 0 Å². The number of nitrogens with zero attached hydrogens (tertiary/aromatic N) is 1. The zero-order valence-corrected chi connectivity index (χ0v) is 18.1. The minimum Gasteiger partial charge on any atom is -0.325 e. The molecule has 0 bridgehead atoms. The van der Waals surface area contributed by atoms with Gasteiger partial charge < -0.3 is 10.3 Å². The van der Waals surface area contributed by atoms with E-state index in [0.29, 0.717) is 17.3 Å². The average Bonchev–Trinajstić information content (AvgIpc) is 2.60. The molecule has 1 aromatic heterocycles. The van der Waals surface area contributed by atoms with Crippen LogP contribution in [-0.4, -0.2) is 26.9 Å². The molecule has 1 heterocycles. The predicted octanol–water partition coefficient (Wildman–Crippen LogP) is 4.46. The molecule has 2 N–H and O–H groups in total. The Labute approximate surface area is 169 Å². The van der Waals surface area contributed by atoms with Crippen LogP contribution < -0.4 is 10.9 Å². The number of amides is 1. The van der Waals surface area contributed by atoms with Gasteiger partial charge in [-0.3, -0.25) is 9.59 Å². The van der Waals surface area contributed by atoms with E-state index in [1.165, 1.54) is 23.4 Å². The van der Waals surface area contributed by atoms with E-state index in [1.54, 1.807) is 11.8 Å². The van der Waals surface area contributed by atoms with Gasteiger partial charge in [0.1, 0.15) is 0 Å². The molecule has 0 saturated heterocycles. The van der Waals surface area contributed by atoms with Gasteiger partial charge in [-0.25, -0.2) is 4.98 Å². The summed E-state index contributed by atoms with van der Waals surface area (Å²) in [4.78, 5) is 32.0. The third kappa shape index (κ3) is 6.14. The maximum absolute atomic E-state index is 12.8. The van der Waals surface area contributed by atoms with Gasteiger partial charge in [-0.1, -0.05) is 43.3 Å². The van der Waals surface area contributed by atoms with Crippen LogP contribution in [0.2, 0.25) is 0 Å². The van der Waals surface area contributed by atoms with E-state index in [4.69, 9.17) is 0 Å². The van der Waals surface area contributed by atoms with Gasteiger partial charge in [0.05, 0.1) is 10.9 Å². The second-order valence-corrected chi connectivity index (χ2v) is 8.92. The fourth-order valence-electron chi connectivity index (χ4n) is 2.86. The van der Waals surface area contributed by atoms with Crippen LogP contribution in [0.5, 0.6) is 0 Å². The first kappa shape index (κ1) is 21.6. The molecule has 1 atom stereocenters. The van der Waals surface area contributed by atoms with Crippen LogP contribution in [0.4, 0.5) is 5.69 Å². The number of H-pyrrole nitrogens is 1. The van der Waals surface area contributed by atoms with Crippen molar-refractivity contribution in [1.29, 1.82) is 0 Å². The van der Waals surface area contributed by atoms with Crippen molar-refractivity contribution in [1.82, 2.24) is 9.97 Å². The van der Waals surface area contributed by atoms with E-state index in [2.05, 4.69) is 34.3 Å². The number of hydrogen-bond donors (Lipinski definition) is 2. The second kappa shape index (κ2) is 9.99. The number of benzene rings is 1. The molecule has 1 unspecified atom stereocenters. The highest BCUT2D eigenvalue weighted by molar-refractivity contribution is 8.00. The number of thioether (sulfide) groups is 2. The molecule has 0 aliphatic carbocycles. The quantitative estimate of drug-likeness (QED) is 0.501. The first-order valence-corrected chi connectivity index (χ1v) is 11.1. The van der Waals surface area contributed by atoms with Crippen molar-refractivity contribution in [2.24, 2.45) is 0 Å². The zero-order chi connectivity index (χ0) is 20.0. The van der Waals surface area contributed by atoms with E-state index in [1.807, 2.05) is 27.7 Å². The molecule has 27 heavy (non-hydrogen) atoms. The van der Waals surface area contributed by atoms with Crippen LogP contribution in [0, 0.1) is 20.8 Å². The van der Waals surface area contributed by atoms with Gasteiger partial charge in [0.25, 0.3) is 5.56 Å². The van der Waals surface area contributed by atoms with Gasteiger partial charge in [0.15, 0.2) is 5.16 Å². The Morgan fingerprint density at radius 3 is 2.44 bits per heavy atom. The molecule has 146 valence electrons. The van der Waals surface area contributed by atoms with Gasteiger partial charge in [-0.05, 0) is 44.1 Å². The van der Waals surface area contributed by atoms with Crippen molar-refractivity contribution < 1.29 is 4.79 Å². The van der Waals surface area contributed by atoms with E-state index >= 15 is 0 Å². The number of anilines is 1. The molecular formula is C20H27N3O2S2. The Hall–Kier alpha value is -1.73. The van der Waals surface area contributed by atoms with Crippen molar-refractivity contribution in [3.63, 3.8) is 0 Å². The third-order valence-corrected chi connectivity index (χ3v) is 6.23. The molecule has 0 aliphatic rings. The normalized spacial score (nSPS) is 12.0. The highest BCUT2D eigenvalue weighted by Gasteiger charge is 2.21. The van der Waals surface area contributed by atoms with E-state index in [0.717, 1.165) is 28.3 Å². The molecule has 2 aromatic rings. The molecule has 0 aliphatic heterocycles. The summed E-state index contributed by atoms with van der Waals surface area (Å²) in [6, 6.07) is 5.64. The average molecular weight is 406 g/mol. The minimum atomic E-state index is -0.331. The van der Waals surface area contributed by atoms with Gasteiger partial charge in [0, 0.05) is 17.5 Å². The lowest BCUT2D eigenvalue weighted by Crippen LogP contribution is -2.26. The largest absolute Gasteiger partial charge is 0.325 e. The Morgan fingerprint density at radius 1 is 1.19 bits per heavy atom. The Bertz CT molecular complexity index is 842. The van der Waals surface area contributed by atoms with Crippen molar-refractivity contribution in [2.45, 2.75) is 57.2 Å². The van der Waals surface area contributed by atoms with Gasteiger partial charge in [-0.15, -0.1) is 0 Å². The summed E-state index contributed by atoms with van der Waals surface area (Å²) in [7, 11) is 0. The highest BCUT2D eigenvalue weighted by Crippen LogP contribution is 2.26. The van der Waals surface area contributed by atoms with Gasteiger partial charge in [-0.2, -0.15) is 11.8 Å². The molecular weight excluding hydrogens is 378 g/mol. The van der Waals surface area contributed by atoms with Crippen LogP contribution in [-0.2, 0) is 10.5 Å². The summed E-state index contributed by atoms with van der Waals surface area (Å²) in [5, 5.41) is 3.22. The van der Waals surface area contributed by atoms with E-state index in [9.17, 15) is 9.59 Å². The number of hydrogen-bond acceptors (Lipinski definition) is 5. The lowest BCUT2D eigenvalue weighted by molar-refractivity contribution is -0.115. The Kier molecular flexibility index (Phi) is 7.98. The monoisotopic (exact) mass is 405 g/mol. The number of aryl methyl sites for hydroxylation is 3. The Balaban J connectivity index is 2.16. The Morgan fingerprint density at radius 2 is 1.85 bits per heavy atom. The number of nitrogens with one attached hydrogen (secondary N) is 2. The summed E-state index contributed by atoms with van der Waals surface area (Å²) in [6.45, 7) is 10.1. The standard InChI is InChI=1S/C20H27N3O2S2/c1-6-16(19(25)23-18-13(4)8-12(3)9-14(18)5)27-20-21-15(11-26-7-2)10-17(24)22-20/h8-10,16H,6-7,11H2,1-5H3,(H,23,25)(H,21,22,24). The topological polar surface area (TPSA) is 74.8 Å². The SMILES string of the molecule is CCSCc1cc(=O)[nH]c(SC(CC)C(=O)Nc2c(C)cc(C)cc2C)n1. The summed E-state index contributed by atoms with van der Waals surface area (Å²) < 4.78 is 0. The van der Waals surface area contributed by atoms with Gasteiger partial charge >= 0.3 is 0 Å². The zero-order valence-electron chi connectivity index (χ0n) is 16.5. The molecule has 0 radical (unpaired) electrons.